The molecule has 0 saturated carbocycles. The van der Waals surface area contributed by atoms with Gasteiger partial charge in [-0.15, -0.1) is 0 Å². The van der Waals surface area contributed by atoms with Crippen molar-refractivity contribution in [3.63, 3.8) is 0 Å². The van der Waals surface area contributed by atoms with Gasteiger partial charge < -0.3 is 14.8 Å². The predicted octanol–water partition coefficient (Wildman–Crippen LogP) is 5.20. The van der Waals surface area contributed by atoms with Crippen LogP contribution in [0.1, 0.15) is 5.56 Å². The smallest absolute Gasteiger partial charge is 0.119 e. The number of hydrogen-bond donors (Lipinski definition) is 1. The monoisotopic (exact) mass is 332 g/mol. The molecule has 0 heterocycles. The van der Waals surface area contributed by atoms with Crippen LogP contribution in [0.4, 0.5) is 17.1 Å². The summed E-state index contributed by atoms with van der Waals surface area (Å²) >= 11 is 0. The molecule has 0 spiro atoms. The molecule has 0 bridgehead atoms. The van der Waals surface area contributed by atoms with E-state index in [4.69, 9.17) is 9.47 Å². The van der Waals surface area contributed by atoms with Crippen molar-refractivity contribution in [3.8, 4) is 11.5 Å². The molecule has 4 heteroatoms. The van der Waals surface area contributed by atoms with Crippen molar-refractivity contribution in [2.24, 2.45) is 4.99 Å². The van der Waals surface area contributed by atoms with E-state index in [0.29, 0.717) is 0 Å². The highest BCUT2D eigenvalue weighted by Gasteiger charge is 2.01. The molecule has 25 heavy (non-hydrogen) atoms. The standard InChI is InChI=1S/C21H20N2O2/c1-24-19-11-7-17(8-12-19)22-15-16-5-3-4-6-21(16)23-18-9-13-20(25-2)14-10-18/h3-15,23H,1-2H3. The van der Waals surface area contributed by atoms with Gasteiger partial charge in [0.15, 0.2) is 0 Å². The lowest BCUT2D eigenvalue weighted by atomic mass is 10.2. The number of benzene rings is 3. The van der Waals surface area contributed by atoms with Gasteiger partial charge in [0.2, 0.25) is 0 Å². The maximum Gasteiger partial charge on any atom is 0.119 e. The molecule has 4 nitrogen and oxygen atoms in total. The number of rotatable bonds is 6. The minimum Gasteiger partial charge on any atom is -0.497 e. The fourth-order valence-corrected chi connectivity index (χ4v) is 2.37. The second-order valence-corrected chi connectivity index (χ2v) is 5.40. The van der Waals surface area contributed by atoms with Crippen molar-refractivity contribution < 1.29 is 9.47 Å². The molecule has 0 amide bonds. The predicted molar refractivity (Wildman–Crippen MR) is 103 cm³/mol. The third kappa shape index (κ3) is 4.38. The highest BCUT2D eigenvalue weighted by atomic mass is 16.5. The summed E-state index contributed by atoms with van der Waals surface area (Å²) in [6.45, 7) is 0. The van der Waals surface area contributed by atoms with Gasteiger partial charge in [-0.3, -0.25) is 4.99 Å². The van der Waals surface area contributed by atoms with Crippen LogP contribution in [0.2, 0.25) is 0 Å². The number of anilines is 2. The zero-order valence-electron chi connectivity index (χ0n) is 14.3. The Balaban J connectivity index is 1.78. The fraction of sp³-hybridized carbons (Fsp3) is 0.0952. The van der Waals surface area contributed by atoms with Gasteiger partial charge in [0.1, 0.15) is 11.5 Å². The average Bonchev–Trinajstić information content (AvgIpc) is 2.68. The van der Waals surface area contributed by atoms with Crippen molar-refractivity contribution in [2.75, 3.05) is 19.5 Å². The average molecular weight is 332 g/mol. The van der Waals surface area contributed by atoms with Gasteiger partial charge in [-0.1, -0.05) is 18.2 Å². The second-order valence-electron chi connectivity index (χ2n) is 5.40. The summed E-state index contributed by atoms with van der Waals surface area (Å²) < 4.78 is 10.4. The van der Waals surface area contributed by atoms with Gasteiger partial charge in [0.05, 0.1) is 19.9 Å². The minimum atomic E-state index is 0.820. The molecule has 126 valence electrons. The van der Waals surface area contributed by atoms with E-state index in [1.165, 1.54) is 0 Å². The van der Waals surface area contributed by atoms with E-state index < -0.39 is 0 Å². The molecule has 3 aromatic carbocycles. The molecule has 0 aromatic heterocycles. The van der Waals surface area contributed by atoms with Gasteiger partial charge in [-0.2, -0.15) is 0 Å². The van der Waals surface area contributed by atoms with Crippen molar-refractivity contribution in [2.45, 2.75) is 0 Å². The van der Waals surface area contributed by atoms with Crippen molar-refractivity contribution in [1.82, 2.24) is 0 Å². The summed E-state index contributed by atoms with van der Waals surface area (Å²) in [4.78, 5) is 4.54. The molecule has 0 fully saturated rings. The van der Waals surface area contributed by atoms with Crippen LogP contribution in [-0.2, 0) is 0 Å². The first-order valence-electron chi connectivity index (χ1n) is 7.97. The number of para-hydroxylation sites is 1. The maximum absolute atomic E-state index is 5.19. The van der Waals surface area contributed by atoms with Crippen molar-refractivity contribution in [1.29, 1.82) is 0 Å². The molecule has 0 saturated heterocycles. The Morgan fingerprint density at radius 1 is 0.760 bits per heavy atom. The Bertz CT molecular complexity index is 841. The Hall–Kier alpha value is -3.27. The number of methoxy groups -OCH3 is 2. The summed E-state index contributed by atoms with van der Waals surface area (Å²) in [6, 6.07) is 23.5. The van der Waals surface area contributed by atoms with Gasteiger partial charge in [-0.05, 0) is 54.6 Å². The van der Waals surface area contributed by atoms with E-state index in [0.717, 1.165) is 34.1 Å². The summed E-state index contributed by atoms with van der Waals surface area (Å²) in [6.07, 6.45) is 1.85. The van der Waals surface area contributed by atoms with E-state index in [1.54, 1.807) is 14.2 Å². The van der Waals surface area contributed by atoms with E-state index in [9.17, 15) is 0 Å². The highest BCUT2D eigenvalue weighted by molar-refractivity contribution is 5.90. The molecule has 0 aliphatic heterocycles. The van der Waals surface area contributed by atoms with Gasteiger partial charge >= 0.3 is 0 Å². The summed E-state index contributed by atoms with van der Waals surface area (Å²) in [5.41, 5.74) is 3.87. The highest BCUT2D eigenvalue weighted by Crippen LogP contribution is 2.23. The molecule has 0 aliphatic carbocycles. The first kappa shape index (κ1) is 16.6. The number of ether oxygens (including phenoxy) is 2. The molecule has 0 radical (unpaired) electrons. The van der Waals surface area contributed by atoms with Crippen LogP contribution in [0, 0.1) is 0 Å². The Labute approximate surface area is 147 Å². The number of nitrogens with one attached hydrogen (secondary N) is 1. The molecule has 3 aromatic rings. The third-order valence-electron chi connectivity index (χ3n) is 3.75. The molecule has 0 atom stereocenters. The Kier molecular flexibility index (Phi) is 5.32. The molecule has 0 aliphatic rings. The van der Waals surface area contributed by atoms with Crippen LogP contribution in [0.25, 0.3) is 0 Å². The van der Waals surface area contributed by atoms with E-state index in [2.05, 4.69) is 10.3 Å². The number of nitrogens with zero attached hydrogens (tertiary/aromatic N) is 1. The number of hydrogen-bond acceptors (Lipinski definition) is 4. The molecule has 1 N–H and O–H groups in total. The lowest BCUT2D eigenvalue weighted by Crippen LogP contribution is -1.95. The first-order chi connectivity index (χ1) is 12.3. The van der Waals surface area contributed by atoms with Gasteiger partial charge in [-0.25, -0.2) is 0 Å². The first-order valence-corrected chi connectivity index (χ1v) is 7.97. The maximum atomic E-state index is 5.19. The molecule has 3 rings (SSSR count). The molecular formula is C21H20N2O2. The van der Waals surface area contributed by atoms with Crippen molar-refractivity contribution >= 4 is 23.3 Å². The normalized spacial score (nSPS) is 10.6. The Morgan fingerprint density at radius 3 is 2.00 bits per heavy atom. The van der Waals surface area contributed by atoms with Gasteiger partial charge in [0, 0.05) is 23.2 Å². The van der Waals surface area contributed by atoms with Crippen LogP contribution in [0.5, 0.6) is 11.5 Å². The quantitative estimate of drug-likeness (QED) is 0.631. The lowest BCUT2D eigenvalue weighted by Gasteiger charge is -2.10. The van der Waals surface area contributed by atoms with Crippen LogP contribution >= 0.6 is 0 Å². The minimum absolute atomic E-state index is 0.820. The van der Waals surface area contributed by atoms with E-state index >= 15 is 0 Å². The molecular weight excluding hydrogens is 312 g/mol. The fourth-order valence-electron chi connectivity index (χ4n) is 2.37. The summed E-state index contributed by atoms with van der Waals surface area (Å²) in [5.74, 6) is 1.65. The van der Waals surface area contributed by atoms with Gasteiger partial charge in [0.25, 0.3) is 0 Å². The third-order valence-corrected chi connectivity index (χ3v) is 3.75. The van der Waals surface area contributed by atoms with Crippen LogP contribution in [0.3, 0.4) is 0 Å². The Morgan fingerprint density at radius 2 is 1.36 bits per heavy atom. The summed E-state index contributed by atoms with van der Waals surface area (Å²) in [7, 11) is 3.31. The molecule has 0 unspecified atom stereocenters. The second kappa shape index (κ2) is 8.02. The summed E-state index contributed by atoms with van der Waals surface area (Å²) in [5, 5.41) is 3.41. The van der Waals surface area contributed by atoms with Crippen LogP contribution in [-0.4, -0.2) is 20.4 Å². The topological polar surface area (TPSA) is 42.8 Å². The van der Waals surface area contributed by atoms with E-state index in [-0.39, 0.29) is 0 Å². The zero-order chi connectivity index (χ0) is 17.5. The van der Waals surface area contributed by atoms with Crippen LogP contribution < -0.4 is 14.8 Å². The largest absolute Gasteiger partial charge is 0.497 e. The van der Waals surface area contributed by atoms with Crippen LogP contribution in [0.15, 0.2) is 77.8 Å². The van der Waals surface area contributed by atoms with Crippen molar-refractivity contribution in [3.05, 3.63) is 78.4 Å². The SMILES string of the molecule is COc1ccc(N=Cc2ccccc2Nc2ccc(OC)cc2)cc1. The van der Waals surface area contributed by atoms with E-state index in [1.807, 2.05) is 79.0 Å². The number of aliphatic imine (C=N–C) groups is 1. The lowest BCUT2D eigenvalue weighted by molar-refractivity contribution is 0.415. The zero-order valence-corrected chi connectivity index (χ0v) is 14.3.